The number of imide groups is 1. The topological polar surface area (TPSA) is 71.5 Å². The first-order chi connectivity index (χ1) is 11.6. The minimum atomic E-state index is -0.530. The molecule has 0 fully saturated rings. The van der Waals surface area contributed by atoms with Crippen molar-refractivity contribution in [3.63, 3.8) is 0 Å². The third-order valence-electron chi connectivity index (χ3n) is 3.76. The number of carbonyl (C=O) groups excluding carboxylic acids is 2. The van der Waals surface area contributed by atoms with E-state index in [2.05, 4.69) is 10.3 Å². The summed E-state index contributed by atoms with van der Waals surface area (Å²) < 4.78 is 18.0. The number of nitrogens with one attached hydrogen (secondary N) is 1. The summed E-state index contributed by atoms with van der Waals surface area (Å²) >= 11 is 0. The van der Waals surface area contributed by atoms with E-state index in [0.29, 0.717) is 23.7 Å². The molecule has 2 aromatic rings. The number of aryl methyl sites for hydroxylation is 1. The molecule has 0 saturated heterocycles. The second-order valence-electron chi connectivity index (χ2n) is 5.33. The molecule has 1 aliphatic rings. The number of anilines is 1. The van der Waals surface area contributed by atoms with Crippen molar-refractivity contribution in [1.29, 1.82) is 0 Å². The Morgan fingerprint density at radius 2 is 2.00 bits per heavy atom. The number of halogens is 1. The van der Waals surface area contributed by atoms with Gasteiger partial charge in [0.25, 0.3) is 0 Å². The fourth-order valence-corrected chi connectivity index (χ4v) is 2.53. The van der Waals surface area contributed by atoms with E-state index in [4.69, 9.17) is 4.74 Å². The molecule has 1 aromatic carbocycles. The van der Waals surface area contributed by atoms with E-state index in [-0.39, 0.29) is 24.7 Å². The lowest BCUT2D eigenvalue weighted by molar-refractivity contribution is -0.118. The van der Waals surface area contributed by atoms with Crippen LogP contribution in [-0.2, 0) is 17.8 Å². The molecule has 3 rings (SSSR count). The highest BCUT2D eigenvalue weighted by atomic mass is 19.1. The van der Waals surface area contributed by atoms with E-state index in [0.717, 1.165) is 10.5 Å². The van der Waals surface area contributed by atoms with E-state index in [9.17, 15) is 14.0 Å². The van der Waals surface area contributed by atoms with E-state index >= 15 is 0 Å². The predicted molar refractivity (Wildman–Crippen MR) is 85.2 cm³/mol. The van der Waals surface area contributed by atoms with Gasteiger partial charge in [0.2, 0.25) is 11.8 Å². The number of fused-ring (bicyclic) bond motifs is 1. The summed E-state index contributed by atoms with van der Waals surface area (Å²) in [4.78, 5) is 30.0. The van der Waals surface area contributed by atoms with E-state index < -0.39 is 6.03 Å². The van der Waals surface area contributed by atoms with Crippen LogP contribution in [-0.4, -0.2) is 24.0 Å². The van der Waals surface area contributed by atoms with Gasteiger partial charge in [-0.25, -0.2) is 19.1 Å². The third kappa shape index (κ3) is 3.19. The average Bonchev–Trinajstić information content (AvgIpc) is 2.60. The quantitative estimate of drug-likeness (QED) is 0.939. The Morgan fingerprint density at radius 1 is 1.25 bits per heavy atom. The number of methoxy groups -OCH3 is 1. The Balaban J connectivity index is 1.77. The minimum Gasteiger partial charge on any atom is -0.481 e. The Bertz CT molecular complexity index is 777. The lowest BCUT2D eigenvalue weighted by Crippen LogP contribution is -2.46. The van der Waals surface area contributed by atoms with Crippen LogP contribution >= 0.6 is 0 Å². The van der Waals surface area contributed by atoms with Gasteiger partial charge in [-0.05, 0) is 23.8 Å². The van der Waals surface area contributed by atoms with Crippen molar-refractivity contribution >= 4 is 17.6 Å². The molecule has 24 heavy (non-hydrogen) atoms. The van der Waals surface area contributed by atoms with Crippen LogP contribution in [0, 0.1) is 5.82 Å². The summed E-state index contributed by atoms with van der Waals surface area (Å²) in [5.41, 5.74) is 1.84. The highest BCUT2D eigenvalue weighted by molar-refractivity contribution is 6.15. The zero-order valence-electron chi connectivity index (χ0n) is 13.1. The van der Waals surface area contributed by atoms with Gasteiger partial charge in [-0.3, -0.25) is 4.79 Å². The number of rotatable bonds is 3. The zero-order chi connectivity index (χ0) is 17.1. The number of pyridine rings is 1. The molecule has 124 valence electrons. The Labute approximate surface area is 138 Å². The number of aromatic nitrogens is 1. The van der Waals surface area contributed by atoms with Crippen molar-refractivity contribution in [2.45, 2.75) is 19.4 Å². The standard InChI is InChI=1S/C17H16FN3O3/c1-24-15-8-7-14-13(20-15)6-9-16(22)21(14)17(23)19-10-11-2-4-12(18)5-3-11/h2-5,7-8H,6,9-10H2,1H3,(H,19,23). The third-order valence-corrected chi connectivity index (χ3v) is 3.76. The highest BCUT2D eigenvalue weighted by Crippen LogP contribution is 2.28. The van der Waals surface area contributed by atoms with Gasteiger partial charge in [0.1, 0.15) is 5.82 Å². The Hall–Kier alpha value is -2.96. The van der Waals surface area contributed by atoms with Gasteiger partial charge in [0, 0.05) is 25.5 Å². The maximum Gasteiger partial charge on any atom is 0.329 e. The van der Waals surface area contributed by atoms with Crippen LogP contribution in [0.15, 0.2) is 36.4 Å². The van der Waals surface area contributed by atoms with Crippen LogP contribution in [0.4, 0.5) is 14.9 Å². The highest BCUT2D eigenvalue weighted by Gasteiger charge is 2.30. The molecule has 0 unspecified atom stereocenters. The molecule has 1 aromatic heterocycles. The van der Waals surface area contributed by atoms with Crippen molar-refractivity contribution in [2.75, 3.05) is 12.0 Å². The molecule has 0 atom stereocenters. The fourth-order valence-electron chi connectivity index (χ4n) is 2.53. The van der Waals surface area contributed by atoms with Crippen LogP contribution in [0.3, 0.4) is 0 Å². The number of nitrogens with zero attached hydrogens (tertiary/aromatic N) is 2. The van der Waals surface area contributed by atoms with Gasteiger partial charge in [0.15, 0.2) is 0 Å². The fraction of sp³-hybridized carbons (Fsp3) is 0.235. The smallest absolute Gasteiger partial charge is 0.329 e. The number of ether oxygens (including phenoxy) is 1. The average molecular weight is 329 g/mol. The Kier molecular flexibility index (Phi) is 4.41. The molecule has 6 nitrogen and oxygen atoms in total. The van der Waals surface area contributed by atoms with Crippen molar-refractivity contribution in [3.05, 3.63) is 53.5 Å². The van der Waals surface area contributed by atoms with Crippen molar-refractivity contribution in [2.24, 2.45) is 0 Å². The molecule has 3 amide bonds. The molecule has 0 spiro atoms. The number of hydrogen-bond donors (Lipinski definition) is 1. The molecule has 7 heteroatoms. The molecular weight excluding hydrogens is 313 g/mol. The maximum atomic E-state index is 12.9. The van der Waals surface area contributed by atoms with Crippen LogP contribution in [0.1, 0.15) is 17.7 Å². The van der Waals surface area contributed by atoms with Crippen LogP contribution < -0.4 is 15.0 Å². The number of carbonyl (C=O) groups is 2. The van der Waals surface area contributed by atoms with Crippen LogP contribution in [0.2, 0.25) is 0 Å². The summed E-state index contributed by atoms with van der Waals surface area (Å²) in [6, 6.07) is 8.52. The molecule has 0 saturated carbocycles. The number of urea groups is 1. The monoisotopic (exact) mass is 329 g/mol. The molecular formula is C17H16FN3O3. The first kappa shape index (κ1) is 15.9. The van der Waals surface area contributed by atoms with Crippen LogP contribution in [0.25, 0.3) is 0 Å². The lowest BCUT2D eigenvalue weighted by Gasteiger charge is -2.27. The summed E-state index contributed by atoms with van der Waals surface area (Å²) in [6.07, 6.45) is 0.671. The largest absolute Gasteiger partial charge is 0.481 e. The van der Waals surface area contributed by atoms with Crippen molar-refractivity contribution < 1.29 is 18.7 Å². The number of amides is 3. The van der Waals surface area contributed by atoms with E-state index in [1.165, 1.54) is 19.2 Å². The SMILES string of the molecule is COc1ccc2c(n1)CCC(=O)N2C(=O)NCc1ccc(F)cc1. The van der Waals surface area contributed by atoms with Gasteiger partial charge in [-0.2, -0.15) is 0 Å². The lowest BCUT2D eigenvalue weighted by atomic mass is 10.1. The second-order valence-corrected chi connectivity index (χ2v) is 5.33. The van der Waals surface area contributed by atoms with Gasteiger partial charge in [-0.15, -0.1) is 0 Å². The van der Waals surface area contributed by atoms with Crippen molar-refractivity contribution in [1.82, 2.24) is 10.3 Å². The normalized spacial score (nSPS) is 13.4. The number of hydrogen-bond acceptors (Lipinski definition) is 4. The van der Waals surface area contributed by atoms with E-state index in [1.54, 1.807) is 24.3 Å². The Morgan fingerprint density at radius 3 is 2.71 bits per heavy atom. The molecule has 2 heterocycles. The van der Waals surface area contributed by atoms with Gasteiger partial charge in [-0.1, -0.05) is 12.1 Å². The van der Waals surface area contributed by atoms with Gasteiger partial charge >= 0.3 is 6.03 Å². The molecule has 0 aliphatic carbocycles. The summed E-state index contributed by atoms with van der Waals surface area (Å²) in [6.45, 7) is 0.196. The first-order valence-corrected chi connectivity index (χ1v) is 7.47. The first-order valence-electron chi connectivity index (χ1n) is 7.47. The number of benzene rings is 1. The summed E-state index contributed by atoms with van der Waals surface area (Å²) in [5, 5.41) is 2.67. The van der Waals surface area contributed by atoms with E-state index in [1.807, 2.05) is 0 Å². The summed E-state index contributed by atoms with van der Waals surface area (Å²) in [5.74, 6) is -0.189. The predicted octanol–water partition coefficient (Wildman–Crippen LogP) is 2.42. The van der Waals surface area contributed by atoms with Crippen molar-refractivity contribution in [3.8, 4) is 5.88 Å². The maximum absolute atomic E-state index is 12.9. The summed E-state index contributed by atoms with van der Waals surface area (Å²) in [7, 11) is 1.51. The second kappa shape index (κ2) is 6.66. The van der Waals surface area contributed by atoms with Gasteiger partial charge < -0.3 is 10.1 Å². The molecule has 1 aliphatic heterocycles. The van der Waals surface area contributed by atoms with Gasteiger partial charge in [0.05, 0.1) is 18.5 Å². The molecule has 0 bridgehead atoms. The molecule has 1 N–H and O–H groups in total. The molecule has 0 radical (unpaired) electrons. The van der Waals surface area contributed by atoms with Crippen LogP contribution in [0.5, 0.6) is 5.88 Å². The zero-order valence-corrected chi connectivity index (χ0v) is 13.1. The minimum absolute atomic E-state index is 0.196.